The van der Waals surface area contributed by atoms with Crippen molar-refractivity contribution in [1.82, 2.24) is 0 Å². The summed E-state index contributed by atoms with van der Waals surface area (Å²) in [7, 11) is 0. The monoisotopic (exact) mass is 278 g/mol. The SMILES string of the molecule is CCOC(=O)C(C)(C)C(=O)C12CC3CC(CC(C3)C1)C2. The van der Waals surface area contributed by atoms with Gasteiger partial charge in [-0.25, -0.2) is 0 Å². The van der Waals surface area contributed by atoms with Crippen molar-refractivity contribution >= 4 is 11.8 Å². The van der Waals surface area contributed by atoms with Crippen molar-refractivity contribution in [2.75, 3.05) is 6.61 Å². The maximum absolute atomic E-state index is 13.1. The van der Waals surface area contributed by atoms with Crippen LogP contribution >= 0.6 is 0 Å². The normalized spacial score (nSPS) is 38.9. The van der Waals surface area contributed by atoms with Gasteiger partial charge in [-0.1, -0.05) is 0 Å². The van der Waals surface area contributed by atoms with Crippen molar-refractivity contribution in [2.24, 2.45) is 28.6 Å². The Morgan fingerprint density at radius 3 is 1.90 bits per heavy atom. The summed E-state index contributed by atoms with van der Waals surface area (Å²) in [6.45, 7) is 5.65. The Balaban J connectivity index is 1.85. The van der Waals surface area contributed by atoms with Gasteiger partial charge in [0.25, 0.3) is 0 Å². The average molecular weight is 278 g/mol. The summed E-state index contributed by atoms with van der Waals surface area (Å²) in [6.07, 6.45) is 6.98. The first-order chi connectivity index (χ1) is 9.37. The second kappa shape index (κ2) is 4.57. The Kier molecular flexibility index (Phi) is 3.22. The largest absolute Gasteiger partial charge is 0.465 e. The van der Waals surface area contributed by atoms with E-state index in [4.69, 9.17) is 4.74 Å². The lowest BCUT2D eigenvalue weighted by molar-refractivity contribution is -0.168. The molecule has 0 aromatic heterocycles. The van der Waals surface area contributed by atoms with Gasteiger partial charge in [0.1, 0.15) is 5.41 Å². The Morgan fingerprint density at radius 2 is 1.50 bits per heavy atom. The number of Topliss-reactive ketones (excluding diaryl/α,β-unsaturated/α-hetero) is 1. The van der Waals surface area contributed by atoms with Crippen molar-refractivity contribution < 1.29 is 14.3 Å². The number of carbonyl (C=O) groups is 2. The molecule has 0 spiro atoms. The molecule has 0 N–H and O–H groups in total. The number of hydrogen-bond acceptors (Lipinski definition) is 3. The lowest BCUT2D eigenvalue weighted by Crippen LogP contribution is -2.55. The molecule has 3 nitrogen and oxygen atoms in total. The molecular weight excluding hydrogens is 252 g/mol. The van der Waals surface area contributed by atoms with E-state index in [1.165, 1.54) is 19.3 Å². The van der Waals surface area contributed by atoms with E-state index in [0.29, 0.717) is 6.61 Å². The Hall–Kier alpha value is -0.860. The summed E-state index contributed by atoms with van der Waals surface area (Å²) < 4.78 is 5.13. The van der Waals surface area contributed by atoms with Gasteiger partial charge in [-0.3, -0.25) is 9.59 Å². The van der Waals surface area contributed by atoms with Crippen molar-refractivity contribution in [3.05, 3.63) is 0 Å². The van der Waals surface area contributed by atoms with Gasteiger partial charge in [-0.15, -0.1) is 0 Å². The molecule has 4 aliphatic carbocycles. The molecule has 112 valence electrons. The fraction of sp³-hybridized carbons (Fsp3) is 0.882. The first-order valence-corrected chi connectivity index (χ1v) is 8.09. The van der Waals surface area contributed by atoms with Crippen molar-refractivity contribution in [3.8, 4) is 0 Å². The fourth-order valence-electron chi connectivity index (χ4n) is 5.46. The van der Waals surface area contributed by atoms with Crippen LogP contribution in [0.25, 0.3) is 0 Å². The summed E-state index contributed by atoms with van der Waals surface area (Å²) in [4.78, 5) is 25.3. The molecular formula is C17H26O3. The highest BCUT2D eigenvalue weighted by molar-refractivity contribution is 6.05. The van der Waals surface area contributed by atoms with E-state index < -0.39 is 5.41 Å². The van der Waals surface area contributed by atoms with Gasteiger partial charge in [0, 0.05) is 5.41 Å². The second-order valence-corrected chi connectivity index (χ2v) is 7.87. The minimum atomic E-state index is -0.984. The zero-order valence-corrected chi connectivity index (χ0v) is 12.9. The van der Waals surface area contributed by atoms with E-state index in [9.17, 15) is 9.59 Å². The van der Waals surface area contributed by atoms with Crippen LogP contribution in [0.1, 0.15) is 59.3 Å². The second-order valence-electron chi connectivity index (χ2n) is 7.87. The molecule has 0 amide bonds. The van der Waals surface area contributed by atoms with Gasteiger partial charge in [-0.05, 0) is 77.0 Å². The number of rotatable bonds is 4. The molecule has 0 saturated heterocycles. The molecule has 0 heterocycles. The van der Waals surface area contributed by atoms with Crippen LogP contribution in [-0.4, -0.2) is 18.4 Å². The number of ketones is 1. The van der Waals surface area contributed by atoms with Gasteiger partial charge < -0.3 is 4.74 Å². The maximum atomic E-state index is 13.1. The van der Waals surface area contributed by atoms with E-state index >= 15 is 0 Å². The lowest BCUT2D eigenvalue weighted by Gasteiger charge is -2.57. The van der Waals surface area contributed by atoms with Crippen LogP contribution in [0.3, 0.4) is 0 Å². The van der Waals surface area contributed by atoms with Gasteiger partial charge in [-0.2, -0.15) is 0 Å². The molecule has 0 aromatic rings. The van der Waals surface area contributed by atoms with E-state index in [2.05, 4.69) is 0 Å². The molecule has 4 fully saturated rings. The van der Waals surface area contributed by atoms with Crippen LogP contribution in [0.4, 0.5) is 0 Å². The maximum Gasteiger partial charge on any atom is 0.319 e. The van der Waals surface area contributed by atoms with Crippen LogP contribution in [0.5, 0.6) is 0 Å². The highest BCUT2D eigenvalue weighted by Gasteiger charge is 2.58. The Morgan fingerprint density at radius 1 is 1.05 bits per heavy atom. The van der Waals surface area contributed by atoms with Crippen LogP contribution in [0.15, 0.2) is 0 Å². The third-order valence-corrected chi connectivity index (χ3v) is 5.87. The van der Waals surface area contributed by atoms with Gasteiger partial charge in [0.05, 0.1) is 6.61 Å². The molecule has 4 bridgehead atoms. The molecule has 0 aromatic carbocycles. The highest BCUT2D eigenvalue weighted by atomic mass is 16.5. The quantitative estimate of drug-likeness (QED) is 0.585. The minimum Gasteiger partial charge on any atom is -0.465 e. The smallest absolute Gasteiger partial charge is 0.319 e. The first-order valence-electron chi connectivity index (χ1n) is 8.09. The predicted octanol–water partition coefficient (Wildman–Crippen LogP) is 3.36. The number of carbonyl (C=O) groups excluding carboxylic acids is 2. The summed E-state index contributed by atoms with van der Waals surface area (Å²) in [6, 6.07) is 0. The Labute approximate surface area is 121 Å². The zero-order chi connectivity index (χ0) is 14.5. The molecule has 20 heavy (non-hydrogen) atoms. The molecule has 4 rings (SSSR count). The summed E-state index contributed by atoms with van der Waals surface area (Å²) >= 11 is 0. The van der Waals surface area contributed by atoms with Gasteiger partial charge in [0.2, 0.25) is 0 Å². The summed E-state index contributed by atoms with van der Waals surface area (Å²) in [5.41, 5.74) is -1.20. The van der Waals surface area contributed by atoms with E-state index in [1.54, 1.807) is 20.8 Å². The molecule has 0 unspecified atom stereocenters. The Bertz CT molecular complexity index is 400. The van der Waals surface area contributed by atoms with Crippen molar-refractivity contribution in [1.29, 1.82) is 0 Å². The summed E-state index contributed by atoms with van der Waals surface area (Å²) in [5.74, 6) is 1.98. The highest BCUT2D eigenvalue weighted by Crippen LogP contribution is 2.61. The van der Waals surface area contributed by atoms with Crippen LogP contribution in [-0.2, 0) is 14.3 Å². The fourth-order valence-corrected chi connectivity index (χ4v) is 5.46. The number of esters is 1. The van der Waals surface area contributed by atoms with Crippen molar-refractivity contribution in [3.63, 3.8) is 0 Å². The number of ether oxygens (including phenoxy) is 1. The van der Waals surface area contributed by atoms with E-state index in [-0.39, 0.29) is 17.2 Å². The third kappa shape index (κ3) is 2.01. The van der Waals surface area contributed by atoms with Crippen LogP contribution in [0.2, 0.25) is 0 Å². The minimum absolute atomic E-state index is 0.155. The van der Waals surface area contributed by atoms with Gasteiger partial charge in [0.15, 0.2) is 5.78 Å². The lowest BCUT2D eigenvalue weighted by atomic mass is 9.46. The van der Waals surface area contributed by atoms with E-state index in [1.807, 2.05) is 0 Å². The third-order valence-electron chi connectivity index (χ3n) is 5.87. The average Bonchev–Trinajstić information content (AvgIpc) is 2.36. The number of hydrogen-bond donors (Lipinski definition) is 0. The molecule has 4 saturated carbocycles. The first kappa shape index (κ1) is 14.1. The zero-order valence-electron chi connectivity index (χ0n) is 12.9. The molecule has 0 aliphatic heterocycles. The standard InChI is InChI=1S/C17H26O3/c1-4-20-15(19)16(2,3)14(18)17-8-11-5-12(9-17)7-13(6-11)10-17/h11-13H,4-10H2,1-3H3. The molecule has 4 aliphatic rings. The van der Waals surface area contributed by atoms with Crippen molar-refractivity contribution in [2.45, 2.75) is 59.3 Å². The van der Waals surface area contributed by atoms with Crippen LogP contribution in [0, 0.1) is 28.6 Å². The van der Waals surface area contributed by atoms with Crippen LogP contribution < -0.4 is 0 Å². The molecule has 0 atom stereocenters. The molecule has 0 radical (unpaired) electrons. The van der Waals surface area contributed by atoms with Gasteiger partial charge >= 0.3 is 5.97 Å². The summed E-state index contributed by atoms with van der Waals surface area (Å²) in [5, 5.41) is 0. The molecule has 3 heteroatoms. The van der Waals surface area contributed by atoms with E-state index in [0.717, 1.165) is 37.0 Å². The topological polar surface area (TPSA) is 43.4 Å². The predicted molar refractivity (Wildman–Crippen MR) is 76.0 cm³/mol.